The molecule has 2 nitrogen and oxygen atoms in total. The maximum absolute atomic E-state index is 10.8. The monoisotopic (exact) mass is 446 g/mol. The van der Waals surface area contributed by atoms with Crippen LogP contribution in [0.1, 0.15) is 47.9 Å². The molecule has 0 saturated heterocycles. The van der Waals surface area contributed by atoms with Crippen LogP contribution in [0.5, 0.6) is 11.5 Å². The van der Waals surface area contributed by atoms with Gasteiger partial charge in [-0.15, -0.1) is 0 Å². The highest BCUT2D eigenvalue weighted by atomic mass is 16.3. The van der Waals surface area contributed by atoms with Gasteiger partial charge in [-0.1, -0.05) is 111 Å². The van der Waals surface area contributed by atoms with E-state index in [2.05, 4.69) is 50.2 Å². The Morgan fingerprint density at radius 2 is 0.882 bits per heavy atom. The fraction of sp³-hybridized carbons (Fsp3) is 0.188. The number of hydrogen-bond donors (Lipinski definition) is 2. The van der Waals surface area contributed by atoms with Gasteiger partial charge in [0.25, 0.3) is 0 Å². The molecule has 0 fully saturated rings. The molecule has 0 aliphatic rings. The summed E-state index contributed by atoms with van der Waals surface area (Å²) in [6.07, 6.45) is 1.58. The van der Waals surface area contributed by atoms with Crippen molar-refractivity contribution in [3.05, 3.63) is 119 Å². The van der Waals surface area contributed by atoms with E-state index in [0.29, 0.717) is 23.3 Å². The van der Waals surface area contributed by atoms with Crippen molar-refractivity contribution in [3.8, 4) is 11.5 Å². The van der Waals surface area contributed by atoms with E-state index in [0.717, 1.165) is 45.5 Å². The van der Waals surface area contributed by atoms with Gasteiger partial charge in [-0.2, -0.15) is 0 Å². The first-order valence-corrected chi connectivity index (χ1v) is 12.0. The second-order valence-corrected chi connectivity index (χ2v) is 9.47. The number of aromatic hydroxyl groups is 2. The molecule has 0 aliphatic carbocycles. The Hall–Kier alpha value is -3.78. The summed E-state index contributed by atoms with van der Waals surface area (Å²) in [7, 11) is 0. The summed E-state index contributed by atoms with van der Waals surface area (Å²) in [5.74, 6) is 1.37. The van der Waals surface area contributed by atoms with Crippen molar-refractivity contribution >= 4 is 21.5 Å². The van der Waals surface area contributed by atoms with E-state index in [1.165, 1.54) is 11.1 Å². The van der Waals surface area contributed by atoms with E-state index >= 15 is 0 Å². The zero-order valence-electron chi connectivity index (χ0n) is 19.7. The van der Waals surface area contributed by atoms with Gasteiger partial charge in [-0.05, 0) is 57.7 Å². The largest absolute Gasteiger partial charge is 0.507 e. The fourth-order valence-corrected chi connectivity index (χ4v) is 4.98. The molecule has 2 N–H and O–H groups in total. The Morgan fingerprint density at radius 3 is 1.29 bits per heavy atom. The molecule has 170 valence electrons. The quantitative estimate of drug-likeness (QED) is 0.277. The van der Waals surface area contributed by atoms with Crippen LogP contribution < -0.4 is 0 Å². The highest BCUT2D eigenvalue weighted by Crippen LogP contribution is 2.34. The highest BCUT2D eigenvalue weighted by molar-refractivity contribution is 5.90. The number of fused-ring (bicyclic) bond motifs is 2. The minimum Gasteiger partial charge on any atom is -0.507 e. The van der Waals surface area contributed by atoms with Crippen LogP contribution in [0.25, 0.3) is 21.5 Å². The molecule has 5 rings (SSSR count). The zero-order valence-corrected chi connectivity index (χ0v) is 19.7. The summed E-state index contributed by atoms with van der Waals surface area (Å²) in [5, 5.41) is 25.5. The zero-order chi connectivity index (χ0) is 23.7. The van der Waals surface area contributed by atoms with Crippen LogP contribution in [-0.2, 0) is 12.8 Å². The normalized spacial score (nSPS) is 13.2. The molecule has 0 heterocycles. The van der Waals surface area contributed by atoms with Crippen LogP contribution in [0, 0.1) is 0 Å². The van der Waals surface area contributed by atoms with Crippen LogP contribution in [0.2, 0.25) is 0 Å². The molecule has 0 aliphatic heterocycles. The average molecular weight is 447 g/mol. The molecule has 34 heavy (non-hydrogen) atoms. The van der Waals surface area contributed by atoms with Gasteiger partial charge in [0.15, 0.2) is 0 Å². The van der Waals surface area contributed by atoms with E-state index in [-0.39, 0.29) is 0 Å². The third kappa shape index (κ3) is 4.24. The molecular formula is C32H30O2. The highest BCUT2D eigenvalue weighted by Gasteiger charge is 2.15. The minimum atomic E-state index is 0.293. The SMILES string of the molecule is CC(Cc1ccc2ccccc2c1O)c1ccc(C(C)Cc2ccc3ccccc3c2O)cc1. The second-order valence-electron chi connectivity index (χ2n) is 9.47. The summed E-state index contributed by atoms with van der Waals surface area (Å²) in [4.78, 5) is 0. The van der Waals surface area contributed by atoms with Crippen molar-refractivity contribution in [1.82, 2.24) is 0 Å². The minimum absolute atomic E-state index is 0.293. The fourth-order valence-electron chi connectivity index (χ4n) is 4.98. The molecule has 5 aromatic carbocycles. The summed E-state index contributed by atoms with van der Waals surface area (Å²) in [6, 6.07) is 33.0. The molecule has 0 bridgehead atoms. The summed E-state index contributed by atoms with van der Waals surface area (Å²) < 4.78 is 0. The molecule has 2 atom stereocenters. The molecule has 2 unspecified atom stereocenters. The van der Waals surface area contributed by atoms with E-state index < -0.39 is 0 Å². The lowest BCUT2D eigenvalue weighted by Gasteiger charge is -2.17. The average Bonchev–Trinajstić information content (AvgIpc) is 2.87. The summed E-state index contributed by atoms with van der Waals surface area (Å²) >= 11 is 0. The third-order valence-electron chi connectivity index (χ3n) is 7.10. The number of hydrogen-bond acceptors (Lipinski definition) is 2. The second kappa shape index (κ2) is 9.23. The van der Waals surface area contributed by atoms with E-state index in [4.69, 9.17) is 0 Å². The van der Waals surface area contributed by atoms with Crippen LogP contribution in [-0.4, -0.2) is 10.2 Å². The van der Waals surface area contributed by atoms with Gasteiger partial charge in [-0.25, -0.2) is 0 Å². The third-order valence-corrected chi connectivity index (χ3v) is 7.10. The lowest BCUT2D eigenvalue weighted by molar-refractivity contribution is 0.471. The van der Waals surface area contributed by atoms with Gasteiger partial charge in [0, 0.05) is 10.8 Å². The number of phenolic OH excluding ortho intramolecular Hbond substituents is 2. The molecule has 0 radical (unpaired) electrons. The molecule has 5 aromatic rings. The van der Waals surface area contributed by atoms with Gasteiger partial charge < -0.3 is 10.2 Å². The summed E-state index contributed by atoms with van der Waals surface area (Å²) in [5.41, 5.74) is 4.49. The number of benzene rings is 5. The molecule has 0 spiro atoms. The predicted molar refractivity (Wildman–Crippen MR) is 142 cm³/mol. The lowest BCUT2D eigenvalue weighted by atomic mass is 9.88. The molecule has 2 heteroatoms. The van der Waals surface area contributed by atoms with Crippen LogP contribution in [0.3, 0.4) is 0 Å². The predicted octanol–water partition coefficient (Wildman–Crippen LogP) is 8.10. The maximum atomic E-state index is 10.8. The topological polar surface area (TPSA) is 40.5 Å². The van der Waals surface area contributed by atoms with Crippen molar-refractivity contribution in [2.75, 3.05) is 0 Å². The molecular weight excluding hydrogens is 416 g/mol. The van der Waals surface area contributed by atoms with E-state index in [1.807, 2.05) is 60.7 Å². The van der Waals surface area contributed by atoms with Crippen LogP contribution >= 0.6 is 0 Å². The van der Waals surface area contributed by atoms with Gasteiger partial charge in [0.05, 0.1) is 0 Å². The Balaban J connectivity index is 1.30. The van der Waals surface area contributed by atoms with Crippen molar-refractivity contribution in [2.45, 2.75) is 38.5 Å². The standard InChI is InChI=1S/C32H30O2/c1-21(19-27-17-15-25-7-3-5-9-29(25)31(27)33)23-11-13-24(14-12-23)22(2)20-28-18-16-26-8-4-6-10-30(26)32(28)34/h3-18,21-22,33-34H,19-20H2,1-2H3. The first-order chi connectivity index (χ1) is 16.5. The number of rotatable bonds is 6. The van der Waals surface area contributed by atoms with Crippen molar-refractivity contribution in [3.63, 3.8) is 0 Å². The van der Waals surface area contributed by atoms with Gasteiger partial charge in [-0.3, -0.25) is 0 Å². The number of phenols is 2. The Kier molecular flexibility index (Phi) is 5.98. The maximum Gasteiger partial charge on any atom is 0.126 e. The lowest BCUT2D eigenvalue weighted by Crippen LogP contribution is -2.02. The van der Waals surface area contributed by atoms with Crippen LogP contribution in [0.4, 0.5) is 0 Å². The smallest absolute Gasteiger partial charge is 0.126 e. The van der Waals surface area contributed by atoms with Crippen LogP contribution in [0.15, 0.2) is 97.1 Å². The first-order valence-electron chi connectivity index (χ1n) is 12.0. The van der Waals surface area contributed by atoms with Crippen molar-refractivity contribution < 1.29 is 10.2 Å². The van der Waals surface area contributed by atoms with Gasteiger partial charge in [0.2, 0.25) is 0 Å². The van der Waals surface area contributed by atoms with Crippen molar-refractivity contribution in [2.24, 2.45) is 0 Å². The first kappa shape index (κ1) is 22.0. The molecule has 0 aromatic heterocycles. The van der Waals surface area contributed by atoms with Gasteiger partial charge >= 0.3 is 0 Å². The van der Waals surface area contributed by atoms with Gasteiger partial charge in [0.1, 0.15) is 11.5 Å². The van der Waals surface area contributed by atoms with Crippen molar-refractivity contribution in [1.29, 1.82) is 0 Å². The Morgan fingerprint density at radius 1 is 0.500 bits per heavy atom. The summed E-state index contributed by atoms with van der Waals surface area (Å²) in [6.45, 7) is 4.42. The molecule has 0 saturated carbocycles. The van der Waals surface area contributed by atoms with E-state index in [9.17, 15) is 10.2 Å². The Bertz CT molecular complexity index is 1340. The van der Waals surface area contributed by atoms with E-state index in [1.54, 1.807) is 0 Å². The molecule has 0 amide bonds. The Labute approximate surface area is 201 Å².